The Kier molecular flexibility index (Phi) is 4.96. The number of carbonyl (C=O) groups is 2. The number of halogens is 1. The molecule has 0 atom stereocenters. The van der Waals surface area contributed by atoms with Crippen LogP contribution in [0.4, 0.5) is 0 Å². The van der Waals surface area contributed by atoms with Crippen LogP contribution in [-0.2, 0) is 4.79 Å². The van der Waals surface area contributed by atoms with E-state index in [9.17, 15) is 14.7 Å². The van der Waals surface area contributed by atoms with Crippen molar-refractivity contribution >= 4 is 27.8 Å². The molecule has 3 N–H and O–H groups in total. The van der Waals surface area contributed by atoms with E-state index < -0.39 is 5.97 Å². The van der Waals surface area contributed by atoms with Gasteiger partial charge in [-0.05, 0) is 40.5 Å². The van der Waals surface area contributed by atoms with Crippen LogP contribution in [0.15, 0.2) is 22.7 Å². The quantitative estimate of drug-likeness (QED) is 0.723. The van der Waals surface area contributed by atoms with Crippen LogP contribution in [0, 0.1) is 0 Å². The van der Waals surface area contributed by atoms with Crippen LogP contribution in [0.25, 0.3) is 0 Å². The molecule has 1 aromatic carbocycles. The van der Waals surface area contributed by atoms with E-state index in [0.29, 0.717) is 23.0 Å². The van der Waals surface area contributed by atoms with E-state index in [-0.39, 0.29) is 18.1 Å². The molecule has 5 nitrogen and oxygen atoms in total. The number of carboxylic acid groups (broad SMARTS) is 1. The number of phenolic OH excluding ortho intramolecular Hbond substituents is 1. The van der Waals surface area contributed by atoms with Crippen LogP contribution in [0.3, 0.4) is 0 Å². The molecule has 0 radical (unpaired) electrons. The van der Waals surface area contributed by atoms with Gasteiger partial charge in [0.25, 0.3) is 5.91 Å². The summed E-state index contributed by atoms with van der Waals surface area (Å²) in [5.41, 5.74) is 0.334. The predicted molar refractivity (Wildman–Crippen MR) is 65.0 cm³/mol. The van der Waals surface area contributed by atoms with Gasteiger partial charge in [0.2, 0.25) is 0 Å². The lowest BCUT2D eigenvalue weighted by Crippen LogP contribution is -2.24. The molecule has 0 saturated carbocycles. The van der Waals surface area contributed by atoms with Gasteiger partial charge in [-0.1, -0.05) is 0 Å². The lowest BCUT2D eigenvalue weighted by Gasteiger charge is -2.05. The second kappa shape index (κ2) is 6.24. The first kappa shape index (κ1) is 13.5. The zero-order valence-corrected chi connectivity index (χ0v) is 10.5. The zero-order chi connectivity index (χ0) is 12.8. The second-order valence-electron chi connectivity index (χ2n) is 3.42. The van der Waals surface area contributed by atoms with Gasteiger partial charge in [0, 0.05) is 18.5 Å². The summed E-state index contributed by atoms with van der Waals surface area (Å²) in [6, 6.07) is 4.48. The SMILES string of the molecule is O=C(O)CCCNC(=O)c1ccc(Br)c(O)c1. The van der Waals surface area contributed by atoms with Crippen molar-refractivity contribution < 1.29 is 19.8 Å². The van der Waals surface area contributed by atoms with E-state index in [4.69, 9.17) is 5.11 Å². The molecule has 0 heterocycles. The number of phenols is 1. The number of hydrogen-bond donors (Lipinski definition) is 3. The van der Waals surface area contributed by atoms with Gasteiger partial charge in [0.15, 0.2) is 0 Å². The summed E-state index contributed by atoms with van der Waals surface area (Å²) in [6.07, 6.45) is 0.398. The highest BCUT2D eigenvalue weighted by Crippen LogP contribution is 2.24. The van der Waals surface area contributed by atoms with Crippen molar-refractivity contribution in [1.82, 2.24) is 5.32 Å². The van der Waals surface area contributed by atoms with Crippen LogP contribution >= 0.6 is 15.9 Å². The molecule has 0 aliphatic heterocycles. The van der Waals surface area contributed by atoms with Crippen molar-refractivity contribution in [3.63, 3.8) is 0 Å². The highest BCUT2D eigenvalue weighted by atomic mass is 79.9. The first-order valence-corrected chi connectivity index (χ1v) is 5.78. The fraction of sp³-hybridized carbons (Fsp3) is 0.273. The van der Waals surface area contributed by atoms with Gasteiger partial charge >= 0.3 is 5.97 Å². The minimum Gasteiger partial charge on any atom is -0.507 e. The number of nitrogens with one attached hydrogen (secondary N) is 1. The maximum absolute atomic E-state index is 11.6. The van der Waals surface area contributed by atoms with Crippen LogP contribution < -0.4 is 5.32 Å². The summed E-state index contributed by atoms with van der Waals surface area (Å²) in [5.74, 6) is -1.23. The summed E-state index contributed by atoms with van der Waals surface area (Å²) >= 11 is 3.11. The van der Waals surface area contributed by atoms with E-state index in [1.54, 1.807) is 12.1 Å². The fourth-order valence-electron chi connectivity index (χ4n) is 1.20. The van der Waals surface area contributed by atoms with Gasteiger partial charge in [0.05, 0.1) is 4.47 Å². The molecule has 17 heavy (non-hydrogen) atoms. The number of benzene rings is 1. The Bertz CT molecular complexity index is 433. The third-order valence-electron chi connectivity index (χ3n) is 2.06. The second-order valence-corrected chi connectivity index (χ2v) is 4.27. The van der Waals surface area contributed by atoms with Gasteiger partial charge < -0.3 is 15.5 Å². The van der Waals surface area contributed by atoms with E-state index >= 15 is 0 Å². The van der Waals surface area contributed by atoms with Crippen LogP contribution in [0.5, 0.6) is 5.75 Å². The minimum absolute atomic E-state index is 0.0109. The van der Waals surface area contributed by atoms with Gasteiger partial charge in [-0.3, -0.25) is 9.59 Å². The number of aliphatic carboxylic acids is 1. The molecule has 0 saturated heterocycles. The van der Waals surface area contributed by atoms with Crippen LogP contribution in [-0.4, -0.2) is 28.6 Å². The van der Waals surface area contributed by atoms with Gasteiger partial charge in [0.1, 0.15) is 5.75 Å². The molecule has 0 fully saturated rings. The maximum Gasteiger partial charge on any atom is 0.303 e. The van der Waals surface area contributed by atoms with Gasteiger partial charge in [-0.15, -0.1) is 0 Å². The number of hydrogen-bond acceptors (Lipinski definition) is 3. The van der Waals surface area contributed by atoms with Crippen molar-refractivity contribution in [2.45, 2.75) is 12.8 Å². The molecule has 1 amide bonds. The fourth-order valence-corrected chi connectivity index (χ4v) is 1.44. The van der Waals surface area contributed by atoms with Gasteiger partial charge in [-0.2, -0.15) is 0 Å². The standard InChI is InChI=1S/C11H12BrNO4/c12-8-4-3-7(6-9(8)14)11(17)13-5-1-2-10(15)16/h3-4,6,14H,1-2,5H2,(H,13,17)(H,15,16). The molecular formula is C11H12BrNO4. The summed E-state index contributed by atoms with van der Waals surface area (Å²) in [5, 5.41) is 20.4. The molecule has 1 rings (SSSR count). The number of aromatic hydroxyl groups is 1. The molecule has 0 unspecified atom stereocenters. The number of carbonyl (C=O) groups excluding carboxylic acids is 1. The van der Waals surface area contributed by atoms with E-state index in [1.807, 2.05) is 0 Å². The molecular weight excluding hydrogens is 290 g/mol. The molecule has 0 aromatic heterocycles. The van der Waals surface area contributed by atoms with Crippen molar-refractivity contribution in [2.24, 2.45) is 0 Å². The normalized spacial score (nSPS) is 9.94. The maximum atomic E-state index is 11.6. The number of rotatable bonds is 5. The van der Waals surface area contributed by atoms with E-state index in [0.717, 1.165) is 0 Å². The average Bonchev–Trinajstić information content (AvgIpc) is 2.27. The molecule has 0 aliphatic rings. The summed E-state index contributed by atoms with van der Waals surface area (Å²) < 4.78 is 0.514. The predicted octanol–water partition coefficient (Wildman–Crippen LogP) is 1.75. The third kappa shape index (κ3) is 4.44. The first-order valence-electron chi connectivity index (χ1n) is 4.99. The molecule has 92 valence electrons. The summed E-state index contributed by atoms with van der Waals surface area (Å²) in [6.45, 7) is 0.294. The Morgan fingerprint density at radius 1 is 1.35 bits per heavy atom. The first-order chi connectivity index (χ1) is 8.00. The van der Waals surface area contributed by atoms with Crippen molar-refractivity contribution in [1.29, 1.82) is 0 Å². The van der Waals surface area contributed by atoms with Crippen LogP contribution in [0.1, 0.15) is 23.2 Å². The smallest absolute Gasteiger partial charge is 0.303 e. The minimum atomic E-state index is -0.888. The van der Waals surface area contributed by atoms with E-state index in [2.05, 4.69) is 21.2 Å². The van der Waals surface area contributed by atoms with Crippen molar-refractivity contribution in [2.75, 3.05) is 6.54 Å². The lowest BCUT2D eigenvalue weighted by atomic mass is 10.2. The summed E-state index contributed by atoms with van der Waals surface area (Å²) in [4.78, 5) is 21.8. The highest BCUT2D eigenvalue weighted by Gasteiger charge is 2.07. The molecule has 0 spiro atoms. The van der Waals surface area contributed by atoms with Gasteiger partial charge in [-0.25, -0.2) is 0 Å². The average molecular weight is 302 g/mol. The monoisotopic (exact) mass is 301 g/mol. The van der Waals surface area contributed by atoms with Crippen molar-refractivity contribution in [3.8, 4) is 5.75 Å². The largest absolute Gasteiger partial charge is 0.507 e. The van der Waals surface area contributed by atoms with Crippen LogP contribution in [0.2, 0.25) is 0 Å². The topological polar surface area (TPSA) is 86.6 Å². The number of carboxylic acids is 1. The lowest BCUT2D eigenvalue weighted by molar-refractivity contribution is -0.137. The molecule has 1 aromatic rings. The Morgan fingerprint density at radius 3 is 2.65 bits per heavy atom. The van der Waals surface area contributed by atoms with Crippen molar-refractivity contribution in [3.05, 3.63) is 28.2 Å². The third-order valence-corrected chi connectivity index (χ3v) is 2.73. The highest BCUT2D eigenvalue weighted by molar-refractivity contribution is 9.10. The molecule has 0 aliphatic carbocycles. The Hall–Kier alpha value is -1.56. The molecule has 0 bridgehead atoms. The Labute approximate surface area is 107 Å². The molecule has 6 heteroatoms. The zero-order valence-electron chi connectivity index (χ0n) is 8.94. The summed E-state index contributed by atoms with van der Waals surface area (Å²) in [7, 11) is 0. The Morgan fingerprint density at radius 2 is 2.06 bits per heavy atom. The Balaban J connectivity index is 2.47. The van der Waals surface area contributed by atoms with E-state index in [1.165, 1.54) is 6.07 Å². The number of amides is 1.